The molecule has 1 fully saturated rings. The molecule has 1 aliphatic rings. The highest BCUT2D eigenvalue weighted by Crippen LogP contribution is 2.30. The number of carbonyl (C=O) groups excluding carboxylic acids is 2. The number of anilines is 1. The first-order valence-corrected chi connectivity index (χ1v) is 11.1. The second-order valence-electron chi connectivity index (χ2n) is 7.11. The zero-order valence-corrected chi connectivity index (χ0v) is 18.7. The average molecular weight is 470 g/mol. The van der Waals surface area contributed by atoms with E-state index in [1.807, 2.05) is 0 Å². The molecule has 1 saturated heterocycles. The number of amidine groups is 1. The molecule has 3 rings (SSSR count). The van der Waals surface area contributed by atoms with Crippen molar-refractivity contribution < 1.29 is 19.2 Å². The lowest BCUT2D eigenvalue weighted by atomic mass is 10.2. The molecule has 2 aromatic rings. The molecule has 2 aromatic carbocycles. The summed E-state index contributed by atoms with van der Waals surface area (Å²) < 4.78 is 5.61. The summed E-state index contributed by atoms with van der Waals surface area (Å²) in [4.78, 5) is 36.7. The summed E-state index contributed by atoms with van der Waals surface area (Å²) in [5.41, 5.74) is 6.73. The topological polar surface area (TPSA) is 140 Å². The average Bonchev–Trinajstić information content (AvgIpc) is 3.07. The molecule has 0 spiro atoms. The van der Waals surface area contributed by atoms with Gasteiger partial charge < -0.3 is 10.5 Å². The van der Waals surface area contributed by atoms with Crippen LogP contribution in [0.5, 0.6) is 5.75 Å². The second-order valence-corrected chi connectivity index (χ2v) is 8.33. The van der Waals surface area contributed by atoms with E-state index in [-0.39, 0.29) is 29.1 Å². The summed E-state index contributed by atoms with van der Waals surface area (Å²) in [7, 11) is 0. The molecule has 172 valence electrons. The van der Waals surface area contributed by atoms with Crippen molar-refractivity contribution in [3.05, 3.63) is 64.2 Å². The number of benzene rings is 2. The Bertz CT molecular complexity index is 1090. The predicted octanol–water partition coefficient (Wildman–Crippen LogP) is 3.49. The molecule has 0 saturated carbocycles. The Hall–Kier alpha value is -3.73. The van der Waals surface area contributed by atoms with Gasteiger partial charge in [0.15, 0.2) is 5.17 Å². The van der Waals surface area contributed by atoms with Crippen LogP contribution in [-0.2, 0) is 9.59 Å². The van der Waals surface area contributed by atoms with Crippen LogP contribution in [0, 0.1) is 10.1 Å². The fourth-order valence-electron chi connectivity index (χ4n) is 3.03. The Morgan fingerprint density at radius 2 is 2.06 bits per heavy atom. The van der Waals surface area contributed by atoms with Gasteiger partial charge in [0.25, 0.3) is 5.69 Å². The van der Waals surface area contributed by atoms with Crippen LogP contribution in [0.15, 0.2) is 58.7 Å². The summed E-state index contributed by atoms with van der Waals surface area (Å²) in [6.07, 6.45) is 3.28. The molecule has 2 N–H and O–H groups in total. The number of carbonyl (C=O) groups is 2. The van der Waals surface area contributed by atoms with Crippen molar-refractivity contribution >= 4 is 46.3 Å². The quantitative estimate of drug-likeness (QED) is 0.148. The van der Waals surface area contributed by atoms with Crippen molar-refractivity contribution in [3.8, 4) is 5.75 Å². The predicted molar refractivity (Wildman–Crippen MR) is 128 cm³/mol. The fraction of sp³-hybridized carbons (Fsp3) is 0.273. The monoisotopic (exact) mass is 469 g/mol. The van der Waals surface area contributed by atoms with Gasteiger partial charge in [-0.15, -0.1) is 5.10 Å². The van der Waals surface area contributed by atoms with Crippen molar-refractivity contribution in [1.29, 1.82) is 0 Å². The van der Waals surface area contributed by atoms with E-state index in [1.54, 1.807) is 30.3 Å². The van der Waals surface area contributed by atoms with Gasteiger partial charge in [0, 0.05) is 24.1 Å². The number of nitrogens with two attached hydrogens (primary N) is 1. The second kappa shape index (κ2) is 11.2. The molecular weight excluding hydrogens is 446 g/mol. The maximum absolute atomic E-state index is 12.8. The number of nitro benzene ring substituents is 1. The van der Waals surface area contributed by atoms with Crippen LogP contribution in [0.2, 0.25) is 0 Å². The Morgan fingerprint density at radius 3 is 2.76 bits per heavy atom. The number of thioether (sulfide) groups is 1. The smallest absolute Gasteiger partial charge is 0.270 e. The van der Waals surface area contributed by atoms with Crippen molar-refractivity contribution in [2.45, 2.75) is 31.4 Å². The third-order valence-electron chi connectivity index (χ3n) is 4.67. The zero-order valence-electron chi connectivity index (χ0n) is 17.9. The van der Waals surface area contributed by atoms with Gasteiger partial charge in [-0.25, -0.2) is 4.90 Å². The van der Waals surface area contributed by atoms with E-state index in [4.69, 9.17) is 10.5 Å². The van der Waals surface area contributed by atoms with E-state index in [1.165, 1.54) is 24.4 Å². The zero-order chi connectivity index (χ0) is 23.8. The number of hydrogen-bond acceptors (Lipinski definition) is 8. The highest BCUT2D eigenvalue weighted by atomic mass is 32.2. The highest BCUT2D eigenvalue weighted by Gasteiger charge is 2.40. The van der Waals surface area contributed by atoms with E-state index in [9.17, 15) is 19.7 Å². The summed E-state index contributed by atoms with van der Waals surface area (Å²) in [5, 5.41) is 17.8. The fourth-order valence-corrected chi connectivity index (χ4v) is 3.85. The molecule has 2 amide bonds. The minimum Gasteiger partial charge on any atom is -0.494 e. The number of imide groups is 1. The van der Waals surface area contributed by atoms with Crippen molar-refractivity contribution in [3.63, 3.8) is 0 Å². The molecule has 0 bridgehead atoms. The number of non-ortho nitro benzene ring substituents is 1. The molecule has 0 radical (unpaired) electrons. The molecule has 1 atom stereocenters. The van der Waals surface area contributed by atoms with Crippen molar-refractivity contribution in [2.75, 3.05) is 11.5 Å². The summed E-state index contributed by atoms with van der Waals surface area (Å²) >= 11 is 0.946. The van der Waals surface area contributed by atoms with Crippen molar-refractivity contribution in [1.82, 2.24) is 0 Å². The largest absolute Gasteiger partial charge is 0.494 e. The minimum absolute atomic E-state index is 0.00403. The lowest BCUT2D eigenvalue weighted by Gasteiger charge is -2.15. The van der Waals surface area contributed by atoms with Gasteiger partial charge in [-0.1, -0.05) is 37.2 Å². The first-order chi connectivity index (χ1) is 15.9. The molecule has 1 aliphatic heterocycles. The summed E-state index contributed by atoms with van der Waals surface area (Å²) in [6, 6.07) is 12.7. The van der Waals surface area contributed by atoms with E-state index in [2.05, 4.69) is 17.1 Å². The molecule has 1 heterocycles. The Morgan fingerprint density at radius 1 is 1.30 bits per heavy atom. The maximum atomic E-state index is 12.8. The van der Waals surface area contributed by atoms with Gasteiger partial charge in [-0.3, -0.25) is 19.7 Å². The van der Waals surface area contributed by atoms with Crippen LogP contribution in [0.1, 0.15) is 31.7 Å². The van der Waals surface area contributed by atoms with E-state index < -0.39 is 10.2 Å². The van der Waals surface area contributed by atoms with Gasteiger partial charge in [-0.05, 0) is 30.7 Å². The number of unbranched alkanes of at least 4 members (excludes halogenated alkanes) is 1. The van der Waals surface area contributed by atoms with Crippen LogP contribution in [-0.4, -0.2) is 40.0 Å². The number of nitrogens with zero attached hydrogens (tertiary/aromatic N) is 4. The molecule has 0 aliphatic carbocycles. The van der Waals surface area contributed by atoms with Crippen LogP contribution in [0.4, 0.5) is 11.4 Å². The van der Waals surface area contributed by atoms with Gasteiger partial charge in [0.1, 0.15) is 11.0 Å². The number of amides is 2. The Balaban J connectivity index is 1.61. The Labute approximate surface area is 194 Å². The summed E-state index contributed by atoms with van der Waals surface area (Å²) in [6.45, 7) is 2.69. The number of rotatable bonds is 9. The third-order valence-corrected chi connectivity index (χ3v) is 5.65. The Kier molecular flexibility index (Phi) is 8.14. The molecule has 0 unspecified atom stereocenters. The first kappa shape index (κ1) is 23.9. The maximum Gasteiger partial charge on any atom is 0.270 e. The lowest BCUT2D eigenvalue weighted by Crippen LogP contribution is -2.31. The van der Waals surface area contributed by atoms with Gasteiger partial charge in [0.2, 0.25) is 11.8 Å². The summed E-state index contributed by atoms with van der Waals surface area (Å²) in [5.74, 6) is -0.0364. The van der Waals surface area contributed by atoms with Gasteiger partial charge >= 0.3 is 0 Å². The molecule has 0 aromatic heterocycles. The number of ether oxygens (including phenoxy) is 1. The molecule has 10 nitrogen and oxygen atoms in total. The van der Waals surface area contributed by atoms with Crippen LogP contribution in [0.25, 0.3) is 0 Å². The van der Waals surface area contributed by atoms with Gasteiger partial charge in [-0.2, -0.15) is 5.10 Å². The molecule has 33 heavy (non-hydrogen) atoms. The first-order valence-electron chi connectivity index (χ1n) is 10.3. The molecule has 11 heteroatoms. The number of hydrogen-bond donors (Lipinski definition) is 1. The van der Waals surface area contributed by atoms with Crippen LogP contribution < -0.4 is 15.4 Å². The van der Waals surface area contributed by atoms with Crippen LogP contribution >= 0.6 is 11.8 Å². The highest BCUT2D eigenvalue weighted by molar-refractivity contribution is 8.14. The standard InChI is InChI=1S/C22H23N5O5S/c1-2-3-11-32-18-9-7-16(8-10-18)26-20(28)13-19(21(26)29)33-22(23)25-24-14-15-5-4-6-17(12-15)27(30)31/h4-10,12,14,19H,2-3,11,13H2,1H3,(H2,23,25)/b24-14-/t19-/m1/s1. The normalized spacial score (nSPS) is 16.6. The minimum atomic E-state index is -0.713. The molecular formula is C22H23N5O5S. The number of nitro groups is 1. The van der Waals surface area contributed by atoms with E-state index >= 15 is 0 Å². The van der Waals surface area contributed by atoms with Crippen molar-refractivity contribution in [2.24, 2.45) is 15.9 Å². The third kappa shape index (κ3) is 6.39. The van der Waals surface area contributed by atoms with Crippen LogP contribution in [0.3, 0.4) is 0 Å². The lowest BCUT2D eigenvalue weighted by molar-refractivity contribution is -0.384. The SMILES string of the molecule is CCCCOc1ccc(N2C(=O)C[C@@H](SC(N)=N/N=C\c3cccc([N+](=O)[O-])c3)C2=O)cc1. The van der Waals surface area contributed by atoms with E-state index in [0.717, 1.165) is 29.5 Å². The van der Waals surface area contributed by atoms with Gasteiger partial charge in [0.05, 0.1) is 23.4 Å². The van der Waals surface area contributed by atoms with E-state index in [0.29, 0.717) is 23.6 Å².